The number of hydrogen-bond donors (Lipinski definition) is 3. The van der Waals surface area contributed by atoms with Gasteiger partial charge in [-0.05, 0) is 31.5 Å². The number of nitrogens with two attached hydrogens (primary N) is 1. The van der Waals surface area contributed by atoms with Gasteiger partial charge in [0, 0.05) is 23.1 Å². The molecule has 1 atom stereocenters. The molecule has 4 nitrogen and oxygen atoms in total. The quantitative estimate of drug-likeness (QED) is 0.690. The molecular weight excluding hydrogens is 200 g/mol. The van der Waals surface area contributed by atoms with Crippen molar-refractivity contribution in [2.24, 2.45) is 0 Å². The average Bonchev–Trinajstić information content (AvgIpc) is 2.78. The van der Waals surface area contributed by atoms with Gasteiger partial charge in [0.15, 0.2) is 0 Å². The van der Waals surface area contributed by atoms with Crippen molar-refractivity contribution in [3.05, 3.63) is 41.7 Å². The SMILES string of the molecule is Cc1c(N)cccc1NC(C)c1cn[nH]c1. The van der Waals surface area contributed by atoms with Gasteiger partial charge in [0.1, 0.15) is 0 Å². The van der Waals surface area contributed by atoms with E-state index in [2.05, 4.69) is 22.4 Å². The Morgan fingerprint density at radius 1 is 1.44 bits per heavy atom. The van der Waals surface area contributed by atoms with Gasteiger partial charge in [0.05, 0.1) is 12.2 Å². The van der Waals surface area contributed by atoms with Crippen LogP contribution in [0.15, 0.2) is 30.6 Å². The van der Waals surface area contributed by atoms with Crippen molar-refractivity contribution in [1.82, 2.24) is 10.2 Å². The molecule has 0 aliphatic heterocycles. The van der Waals surface area contributed by atoms with E-state index in [-0.39, 0.29) is 6.04 Å². The van der Waals surface area contributed by atoms with E-state index in [4.69, 9.17) is 5.73 Å². The van der Waals surface area contributed by atoms with Crippen LogP contribution in [0.2, 0.25) is 0 Å². The Labute approximate surface area is 94.9 Å². The molecule has 4 heteroatoms. The summed E-state index contributed by atoms with van der Waals surface area (Å²) in [4.78, 5) is 0. The topological polar surface area (TPSA) is 66.7 Å². The van der Waals surface area contributed by atoms with Crippen molar-refractivity contribution in [3.63, 3.8) is 0 Å². The average molecular weight is 216 g/mol. The Bertz CT molecular complexity index is 462. The number of hydrogen-bond acceptors (Lipinski definition) is 3. The van der Waals surface area contributed by atoms with Crippen LogP contribution in [0.5, 0.6) is 0 Å². The maximum absolute atomic E-state index is 5.86. The molecule has 1 aromatic heterocycles. The number of H-pyrrole nitrogens is 1. The molecule has 2 aromatic rings. The minimum Gasteiger partial charge on any atom is -0.398 e. The van der Waals surface area contributed by atoms with Crippen molar-refractivity contribution in [1.29, 1.82) is 0 Å². The van der Waals surface area contributed by atoms with Crippen LogP contribution < -0.4 is 11.1 Å². The molecule has 0 radical (unpaired) electrons. The second-order valence-corrected chi connectivity index (χ2v) is 3.92. The monoisotopic (exact) mass is 216 g/mol. The normalized spacial score (nSPS) is 12.4. The van der Waals surface area contributed by atoms with Gasteiger partial charge in [-0.2, -0.15) is 5.10 Å². The summed E-state index contributed by atoms with van der Waals surface area (Å²) in [6.07, 6.45) is 3.71. The van der Waals surface area contributed by atoms with Gasteiger partial charge in [-0.3, -0.25) is 5.10 Å². The summed E-state index contributed by atoms with van der Waals surface area (Å²) < 4.78 is 0. The van der Waals surface area contributed by atoms with Gasteiger partial charge in [-0.1, -0.05) is 6.07 Å². The van der Waals surface area contributed by atoms with E-state index < -0.39 is 0 Å². The highest BCUT2D eigenvalue weighted by Crippen LogP contribution is 2.24. The number of rotatable bonds is 3. The standard InChI is InChI=1S/C12H16N4/c1-8-11(13)4-3-5-12(8)16-9(2)10-6-14-15-7-10/h3-7,9,16H,13H2,1-2H3,(H,14,15). The second kappa shape index (κ2) is 4.26. The lowest BCUT2D eigenvalue weighted by atomic mass is 10.1. The summed E-state index contributed by atoms with van der Waals surface area (Å²) in [7, 11) is 0. The van der Waals surface area contributed by atoms with Crippen LogP contribution in [0.1, 0.15) is 24.1 Å². The molecular formula is C12H16N4. The summed E-state index contributed by atoms with van der Waals surface area (Å²) in [5, 5.41) is 10.2. The van der Waals surface area contributed by atoms with Crippen LogP contribution in [-0.2, 0) is 0 Å². The lowest BCUT2D eigenvalue weighted by Gasteiger charge is -2.16. The Morgan fingerprint density at radius 3 is 2.94 bits per heavy atom. The molecule has 1 heterocycles. The fraction of sp³-hybridized carbons (Fsp3) is 0.250. The fourth-order valence-electron chi connectivity index (χ4n) is 1.62. The third-order valence-corrected chi connectivity index (χ3v) is 2.77. The molecule has 0 saturated carbocycles. The summed E-state index contributed by atoms with van der Waals surface area (Å²) in [5.74, 6) is 0. The molecule has 0 aliphatic carbocycles. The van der Waals surface area contributed by atoms with E-state index in [1.807, 2.05) is 37.5 Å². The first kappa shape index (κ1) is 10.5. The number of benzene rings is 1. The van der Waals surface area contributed by atoms with Gasteiger partial charge >= 0.3 is 0 Å². The first-order valence-corrected chi connectivity index (χ1v) is 5.29. The number of aromatic nitrogens is 2. The van der Waals surface area contributed by atoms with Crippen LogP contribution in [0.25, 0.3) is 0 Å². The molecule has 84 valence electrons. The minimum atomic E-state index is 0.208. The Morgan fingerprint density at radius 2 is 2.25 bits per heavy atom. The molecule has 0 aliphatic rings. The number of anilines is 2. The molecule has 1 unspecified atom stereocenters. The lowest BCUT2D eigenvalue weighted by molar-refractivity contribution is 0.884. The van der Waals surface area contributed by atoms with Crippen LogP contribution in [-0.4, -0.2) is 10.2 Å². The van der Waals surface area contributed by atoms with Gasteiger partial charge in [-0.15, -0.1) is 0 Å². The molecule has 0 spiro atoms. The maximum atomic E-state index is 5.86. The molecule has 0 saturated heterocycles. The van der Waals surface area contributed by atoms with Crippen molar-refractivity contribution in [3.8, 4) is 0 Å². The molecule has 16 heavy (non-hydrogen) atoms. The lowest BCUT2D eigenvalue weighted by Crippen LogP contribution is -2.07. The molecule has 0 fully saturated rings. The van der Waals surface area contributed by atoms with E-state index in [9.17, 15) is 0 Å². The van der Waals surface area contributed by atoms with Crippen molar-refractivity contribution in [2.75, 3.05) is 11.1 Å². The Kier molecular flexibility index (Phi) is 2.81. The van der Waals surface area contributed by atoms with Crippen LogP contribution in [0.3, 0.4) is 0 Å². The predicted molar refractivity (Wildman–Crippen MR) is 66.2 cm³/mol. The molecule has 2 rings (SSSR count). The zero-order valence-electron chi connectivity index (χ0n) is 9.49. The minimum absolute atomic E-state index is 0.208. The third kappa shape index (κ3) is 2.00. The number of nitrogens with one attached hydrogen (secondary N) is 2. The van der Waals surface area contributed by atoms with Gasteiger partial charge in [-0.25, -0.2) is 0 Å². The highest BCUT2D eigenvalue weighted by molar-refractivity contribution is 5.63. The van der Waals surface area contributed by atoms with E-state index >= 15 is 0 Å². The van der Waals surface area contributed by atoms with Crippen LogP contribution in [0, 0.1) is 6.92 Å². The highest BCUT2D eigenvalue weighted by atomic mass is 15.1. The van der Waals surface area contributed by atoms with Gasteiger partial charge in [0.25, 0.3) is 0 Å². The number of nitrogens with zero attached hydrogens (tertiary/aromatic N) is 1. The summed E-state index contributed by atoms with van der Waals surface area (Å²) in [6, 6.07) is 6.09. The Hall–Kier alpha value is -1.97. The second-order valence-electron chi connectivity index (χ2n) is 3.92. The van der Waals surface area contributed by atoms with Gasteiger partial charge < -0.3 is 11.1 Å². The molecule has 4 N–H and O–H groups in total. The van der Waals surface area contributed by atoms with E-state index in [0.29, 0.717) is 0 Å². The first-order chi connectivity index (χ1) is 7.68. The van der Waals surface area contributed by atoms with E-state index in [1.165, 1.54) is 0 Å². The maximum Gasteiger partial charge on any atom is 0.0539 e. The largest absolute Gasteiger partial charge is 0.398 e. The summed E-state index contributed by atoms with van der Waals surface area (Å²) >= 11 is 0. The highest BCUT2D eigenvalue weighted by Gasteiger charge is 2.08. The molecule has 0 amide bonds. The smallest absolute Gasteiger partial charge is 0.0539 e. The first-order valence-electron chi connectivity index (χ1n) is 5.29. The van der Waals surface area contributed by atoms with Crippen LogP contribution in [0.4, 0.5) is 11.4 Å². The van der Waals surface area contributed by atoms with E-state index in [1.54, 1.807) is 0 Å². The van der Waals surface area contributed by atoms with Crippen molar-refractivity contribution < 1.29 is 0 Å². The number of nitrogen functional groups attached to an aromatic ring is 1. The summed E-state index contributed by atoms with van der Waals surface area (Å²) in [6.45, 7) is 4.10. The fourth-order valence-corrected chi connectivity index (χ4v) is 1.62. The summed E-state index contributed by atoms with van der Waals surface area (Å²) in [5.41, 5.74) is 9.94. The zero-order valence-corrected chi connectivity index (χ0v) is 9.49. The van der Waals surface area contributed by atoms with Crippen molar-refractivity contribution in [2.45, 2.75) is 19.9 Å². The van der Waals surface area contributed by atoms with E-state index in [0.717, 1.165) is 22.5 Å². The van der Waals surface area contributed by atoms with Crippen molar-refractivity contribution >= 4 is 11.4 Å². The Balaban J connectivity index is 2.18. The third-order valence-electron chi connectivity index (χ3n) is 2.77. The molecule has 1 aromatic carbocycles. The zero-order chi connectivity index (χ0) is 11.5. The van der Waals surface area contributed by atoms with Gasteiger partial charge in [0.2, 0.25) is 0 Å². The predicted octanol–water partition coefficient (Wildman–Crippen LogP) is 2.47. The number of aromatic amines is 1. The molecule has 0 bridgehead atoms. The van der Waals surface area contributed by atoms with Crippen LogP contribution >= 0.6 is 0 Å².